The highest BCUT2D eigenvalue weighted by Crippen LogP contribution is 2.39. The van der Waals surface area contributed by atoms with Crippen molar-refractivity contribution in [2.45, 2.75) is 73.0 Å². The lowest BCUT2D eigenvalue weighted by Crippen LogP contribution is -2.57. The maximum atomic E-state index is 4.01. The van der Waals surface area contributed by atoms with E-state index in [9.17, 15) is 0 Å². The average molecular weight is 498 g/mol. The molecule has 0 aliphatic carbocycles. The Hall–Kier alpha value is -2.91. The van der Waals surface area contributed by atoms with Crippen LogP contribution in [0.25, 0.3) is 0 Å². The van der Waals surface area contributed by atoms with Crippen molar-refractivity contribution in [3.8, 4) is 0 Å². The molecule has 0 bridgehead atoms. The number of hydrogen-bond donors (Lipinski definition) is 1. The molecule has 0 amide bonds. The van der Waals surface area contributed by atoms with Gasteiger partial charge in [0.2, 0.25) is 5.69 Å². The highest BCUT2D eigenvalue weighted by atomic mass is 15.4. The summed E-state index contributed by atoms with van der Waals surface area (Å²) in [7, 11) is 2.43. The maximum absolute atomic E-state index is 4.01. The van der Waals surface area contributed by atoms with Gasteiger partial charge in [-0.25, -0.2) is 0 Å². The summed E-state index contributed by atoms with van der Waals surface area (Å²) in [6.07, 6.45) is 14.2. The molecule has 196 valence electrons. The number of para-hydroxylation sites is 1. The third kappa shape index (κ3) is 6.15. The fraction of sp³-hybridized carbons (Fsp3) is 0.441. The summed E-state index contributed by atoms with van der Waals surface area (Å²) in [5.41, 5.74) is 8.36. The van der Waals surface area contributed by atoms with E-state index in [2.05, 4.69) is 131 Å². The van der Waals surface area contributed by atoms with Crippen molar-refractivity contribution in [2.75, 3.05) is 18.9 Å². The van der Waals surface area contributed by atoms with Crippen molar-refractivity contribution in [2.24, 2.45) is 11.8 Å². The zero-order valence-corrected chi connectivity index (χ0v) is 23.9. The van der Waals surface area contributed by atoms with Crippen molar-refractivity contribution in [3.63, 3.8) is 0 Å². The van der Waals surface area contributed by atoms with E-state index in [-0.39, 0.29) is 6.17 Å². The molecule has 37 heavy (non-hydrogen) atoms. The number of quaternary nitrogens is 1. The van der Waals surface area contributed by atoms with Gasteiger partial charge in [-0.1, -0.05) is 49.8 Å². The van der Waals surface area contributed by atoms with Crippen LogP contribution in [0.2, 0.25) is 0 Å². The first-order valence-electron chi connectivity index (χ1n) is 14.2. The number of nitrogens with zero attached hydrogens (tertiary/aromatic N) is 2. The monoisotopic (exact) mass is 497 g/mol. The Morgan fingerprint density at radius 2 is 1.84 bits per heavy atom. The van der Waals surface area contributed by atoms with Crippen molar-refractivity contribution < 1.29 is 9.06 Å². The summed E-state index contributed by atoms with van der Waals surface area (Å²) in [6, 6.07) is 20.1. The Labute approximate surface area is 225 Å². The highest BCUT2D eigenvalue weighted by Gasteiger charge is 2.44. The standard InChI is InChI=1S/C34H47N3/c1-7-9-15-33-27(4)16-17-28(5)37(6,34(33)35-31-13-11-10-12-14-31)25-29-18-20-32(21-19-29)36-23-22-30(24-36)26(3)8-2/h7,9-14,17-21,24,27,33-35H,8,15-16,22-23,25H2,1-6H3/q+2. The zero-order valence-electron chi connectivity index (χ0n) is 23.9. The number of allylic oxidation sites excluding steroid dienone is 5. The van der Waals surface area contributed by atoms with Crippen LogP contribution >= 0.6 is 0 Å². The summed E-state index contributed by atoms with van der Waals surface area (Å²) >= 11 is 0. The third-order valence-electron chi connectivity index (χ3n) is 8.86. The lowest BCUT2D eigenvalue weighted by Gasteiger charge is -2.45. The minimum atomic E-state index is 0.281. The first-order valence-corrected chi connectivity index (χ1v) is 14.2. The Kier molecular flexibility index (Phi) is 8.87. The highest BCUT2D eigenvalue weighted by molar-refractivity contribution is 5.78. The first-order chi connectivity index (χ1) is 17.9. The topological polar surface area (TPSA) is 15.0 Å². The van der Waals surface area contributed by atoms with E-state index in [0.717, 1.165) is 43.3 Å². The van der Waals surface area contributed by atoms with E-state index in [4.69, 9.17) is 0 Å². The molecule has 0 saturated carbocycles. The molecule has 4 unspecified atom stereocenters. The molecule has 0 aromatic heterocycles. The summed E-state index contributed by atoms with van der Waals surface area (Å²) in [5, 5.41) is 4.01. The molecular weight excluding hydrogens is 450 g/mol. The van der Waals surface area contributed by atoms with Gasteiger partial charge < -0.3 is 5.32 Å². The number of rotatable bonds is 8. The Bertz CT molecular complexity index is 1170. The molecule has 2 aliphatic rings. The fourth-order valence-electron chi connectivity index (χ4n) is 6.01. The Morgan fingerprint density at radius 1 is 1.11 bits per heavy atom. The van der Waals surface area contributed by atoms with Crippen LogP contribution in [0.3, 0.4) is 0 Å². The van der Waals surface area contributed by atoms with Gasteiger partial charge in [-0.2, -0.15) is 4.58 Å². The van der Waals surface area contributed by atoms with Gasteiger partial charge >= 0.3 is 0 Å². The quantitative estimate of drug-likeness (QED) is 0.220. The summed E-state index contributed by atoms with van der Waals surface area (Å²) in [6.45, 7) is 13.5. The van der Waals surface area contributed by atoms with E-state index < -0.39 is 0 Å². The fourth-order valence-corrected chi connectivity index (χ4v) is 6.01. The third-order valence-corrected chi connectivity index (χ3v) is 8.86. The Balaban J connectivity index is 1.65. The van der Waals surface area contributed by atoms with E-state index in [1.807, 2.05) is 0 Å². The molecule has 2 aromatic carbocycles. The van der Waals surface area contributed by atoms with Gasteiger partial charge in [0.1, 0.15) is 12.2 Å². The summed E-state index contributed by atoms with van der Waals surface area (Å²) < 4.78 is 3.29. The normalized spacial score (nSPS) is 27.6. The second kappa shape index (κ2) is 12.1. The van der Waals surface area contributed by atoms with Gasteiger partial charge in [0.05, 0.1) is 7.05 Å². The van der Waals surface area contributed by atoms with Crippen LogP contribution in [-0.4, -0.2) is 35.0 Å². The minimum absolute atomic E-state index is 0.281. The van der Waals surface area contributed by atoms with E-state index in [1.54, 1.807) is 0 Å². The van der Waals surface area contributed by atoms with Gasteiger partial charge in [0, 0.05) is 48.2 Å². The van der Waals surface area contributed by atoms with Gasteiger partial charge in [0.25, 0.3) is 0 Å². The van der Waals surface area contributed by atoms with Crippen molar-refractivity contribution in [3.05, 3.63) is 95.2 Å². The zero-order chi connectivity index (χ0) is 26.4. The molecule has 2 aliphatic heterocycles. The molecule has 3 heteroatoms. The molecule has 0 fully saturated rings. The lowest BCUT2D eigenvalue weighted by molar-refractivity contribution is -0.911. The van der Waals surface area contributed by atoms with E-state index >= 15 is 0 Å². The molecule has 4 atom stereocenters. The Morgan fingerprint density at radius 3 is 2.51 bits per heavy atom. The van der Waals surface area contributed by atoms with Crippen molar-refractivity contribution in [1.29, 1.82) is 0 Å². The second-order valence-electron chi connectivity index (χ2n) is 11.3. The largest absolute Gasteiger partial charge is 0.336 e. The first kappa shape index (κ1) is 27.1. The van der Waals surface area contributed by atoms with Gasteiger partial charge in [-0.15, -0.1) is 0 Å². The van der Waals surface area contributed by atoms with Gasteiger partial charge in [0.15, 0.2) is 18.9 Å². The smallest absolute Gasteiger partial charge is 0.205 e. The second-order valence-corrected chi connectivity index (χ2v) is 11.3. The number of benzene rings is 2. The van der Waals surface area contributed by atoms with Gasteiger partial charge in [-0.3, -0.25) is 4.48 Å². The van der Waals surface area contributed by atoms with Crippen LogP contribution in [0.1, 0.15) is 65.9 Å². The van der Waals surface area contributed by atoms with Crippen LogP contribution < -0.4 is 5.32 Å². The summed E-state index contributed by atoms with van der Waals surface area (Å²) in [4.78, 5) is 0. The summed E-state index contributed by atoms with van der Waals surface area (Å²) in [5.74, 6) is 1.13. The maximum Gasteiger partial charge on any atom is 0.205 e. The number of nitrogens with one attached hydrogen (secondary N) is 1. The van der Waals surface area contributed by atoms with E-state index in [0.29, 0.717) is 11.8 Å². The molecule has 0 spiro atoms. The van der Waals surface area contributed by atoms with Crippen LogP contribution in [0.5, 0.6) is 0 Å². The molecule has 2 aromatic rings. The molecule has 1 N–H and O–H groups in total. The van der Waals surface area contributed by atoms with E-state index in [1.165, 1.54) is 33.8 Å². The van der Waals surface area contributed by atoms with Crippen molar-refractivity contribution in [1.82, 2.24) is 0 Å². The SMILES string of the molecule is CC=CCC1C(C)CC=C(C)[N+](C)(Cc2ccc([N+]3=CC(=C(C)CC)CC3)cc2)C1Nc1ccccc1. The molecule has 0 radical (unpaired) electrons. The lowest BCUT2D eigenvalue weighted by atomic mass is 9.85. The average Bonchev–Trinajstić information content (AvgIpc) is 3.39. The number of hydrogen-bond acceptors (Lipinski definition) is 1. The predicted octanol–water partition coefficient (Wildman–Crippen LogP) is 8.44. The van der Waals surface area contributed by atoms with Crippen LogP contribution in [-0.2, 0) is 6.54 Å². The molecule has 3 nitrogen and oxygen atoms in total. The molecule has 2 heterocycles. The number of anilines is 1. The molecular formula is C34H47N3+2. The van der Waals surface area contributed by atoms with Gasteiger partial charge in [-0.05, 0) is 69.4 Å². The van der Waals surface area contributed by atoms with Crippen LogP contribution in [0.4, 0.5) is 11.4 Å². The van der Waals surface area contributed by atoms with Crippen molar-refractivity contribution >= 4 is 17.6 Å². The van der Waals surface area contributed by atoms with Crippen LogP contribution in [0.15, 0.2) is 89.7 Å². The predicted molar refractivity (Wildman–Crippen MR) is 159 cm³/mol. The minimum Gasteiger partial charge on any atom is -0.336 e. The van der Waals surface area contributed by atoms with Crippen LogP contribution in [0, 0.1) is 11.8 Å². The molecule has 4 rings (SSSR count). The molecule has 0 saturated heterocycles.